The maximum absolute atomic E-state index is 12.5. The zero-order valence-electron chi connectivity index (χ0n) is 14.5. The minimum absolute atomic E-state index is 0.0827. The highest BCUT2D eigenvalue weighted by atomic mass is 35.5. The number of carbonyl (C=O) groups excluding carboxylic acids is 2. The Morgan fingerprint density at radius 2 is 1.96 bits per heavy atom. The fourth-order valence-corrected chi connectivity index (χ4v) is 3.62. The number of sulfonamides is 1. The minimum Gasteiger partial charge on any atom is -0.465 e. The van der Waals surface area contributed by atoms with E-state index in [1.54, 1.807) is 6.92 Å². The van der Waals surface area contributed by atoms with Crippen LogP contribution < -0.4 is 10.0 Å². The number of unbranched alkanes of at least 4 members (excludes halogenated alkanes) is 1. The Labute approximate surface area is 153 Å². The van der Waals surface area contributed by atoms with Crippen molar-refractivity contribution in [2.45, 2.75) is 51.0 Å². The minimum atomic E-state index is -3.97. The monoisotopic (exact) mass is 390 g/mol. The van der Waals surface area contributed by atoms with Gasteiger partial charge in [-0.05, 0) is 31.5 Å². The van der Waals surface area contributed by atoms with E-state index < -0.39 is 22.0 Å². The van der Waals surface area contributed by atoms with E-state index in [-0.39, 0.29) is 22.4 Å². The summed E-state index contributed by atoms with van der Waals surface area (Å²) >= 11 is 6.01. The molecule has 0 saturated heterocycles. The van der Waals surface area contributed by atoms with Gasteiger partial charge >= 0.3 is 5.97 Å². The van der Waals surface area contributed by atoms with E-state index in [2.05, 4.69) is 10.0 Å². The van der Waals surface area contributed by atoms with Gasteiger partial charge in [-0.3, -0.25) is 9.59 Å². The molecule has 0 aliphatic carbocycles. The van der Waals surface area contributed by atoms with E-state index in [9.17, 15) is 18.0 Å². The number of hydrogen-bond acceptors (Lipinski definition) is 5. The molecule has 0 bridgehead atoms. The summed E-state index contributed by atoms with van der Waals surface area (Å²) in [6.45, 7) is 5.08. The van der Waals surface area contributed by atoms with Crippen molar-refractivity contribution in [1.29, 1.82) is 0 Å². The molecule has 2 N–H and O–H groups in total. The second-order valence-corrected chi connectivity index (χ2v) is 7.51. The number of amides is 1. The summed E-state index contributed by atoms with van der Waals surface area (Å²) in [6, 6.07) is 2.96. The van der Waals surface area contributed by atoms with Crippen molar-refractivity contribution < 1.29 is 22.7 Å². The van der Waals surface area contributed by atoms with Crippen LogP contribution in [0.3, 0.4) is 0 Å². The lowest BCUT2D eigenvalue weighted by atomic mass is 10.1. The molecule has 0 radical (unpaired) electrons. The van der Waals surface area contributed by atoms with Crippen LogP contribution in [0.15, 0.2) is 23.1 Å². The summed E-state index contributed by atoms with van der Waals surface area (Å²) in [5, 5.41) is 2.58. The molecule has 1 aromatic rings. The van der Waals surface area contributed by atoms with Gasteiger partial charge in [0.2, 0.25) is 15.9 Å². The van der Waals surface area contributed by atoms with Gasteiger partial charge in [-0.2, -0.15) is 4.72 Å². The zero-order chi connectivity index (χ0) is 19.0. The Bertz CT molecular complexity index is 721. The normalized spacial score (nSPS) is 12.5. The van der Waals surface area contributed by atoms with Crippen molar-refractivity contribution in [2.75, 3.05) is 11.9 Å². The topological polar surface area (TPSA) is 102 Å². The van der Waals surface area contributed by atoms with Crippen molar-refractivity contribution >= 4 is 39.2 Å². The third-order valence-electron chi connectivity index (χ3n) is 3.28. The van der Waals surface area contributed by atoms with Crippen molar-refractivity contribution in [1.82, 2.24) is 4.72 Å². The smallest absolute Gasteiger partial charge is 0.324 e. The van der Waals surface area contributed by atoms with Gasteiger partial charge in [0, 0.05) is 6.92 Å². The fraction of sp³-hybridized carbons (Fsp3) is 0.500. The second kappa shape index (κ2) is 9.74. The first-order valence-corrected chi connectivity index (χ1v) is 9.83. The molecule has 9 heteroatoms. The van der Waals surface area contributed by atoms with Crippen LogP contribution in [0.2, 0.25) is 5.02 Å². The summed E-state index contributed by atoms with van der Waals surface area (Å²) in [4.78, 5) is 23.0. The number of halogens is 1. The van der Waals surface area contributed by atoms with Gasteiger partial charge in [-0.1, -0.05) is 31.4 Å². The Morgan fingerprint density at radius 3 is 2.48 bits per heavy atom. The molecular formula is C16H23ClN2O5S. The van der Waals surface area contributed by atoms with E-state index in [1.165, 1.54) is 25.1 Å². The van der Waals surface area contributed by atoms with Crippen LogP contribution >= 0.6 is 11.6 Å². The van der Waals surface area contributed by atoms with Crippen LogP contribution in [0, 0.1) is 0 Å². The molecule has 0 fully saturated rings. The molecule has 0 heterocycles. The van der Waals surface area contributed by atoms with Crippen molar-refractivity contribution in [2.24, 2.45) is 0 Å². The van der Waals surface area contributed by atoms with E-state index in [0.717, 1.165) is 6.42 Å². The predicted molar refractivity (Wildman–Crippen MR) is 96.0 cm³/mol. The molecule has 7 nitrogen and oxygen atoms in total. The van der Waals surface area contributed by atoms with Crippen LogP contribution in [-0.2, 0) is 24.3 Å². The van der Waals surface area contributed by atoms with Gasteiger partial charge in [0.15, 0.2) is 0 Å². The maximum Gasteiger partial charge on any atom is 0.324 e. The van der Waals surface area contributed by atoms with Crippen molar-refractivity contribution in [3.8, 4) is 0 Å². The Hall–Kier alpha value is -1.64. The molecule has 1 unspecified atom stereocenters. The fourth-order valence-electron chi connectivity index (χ4n) is 2.09. The number of hydrogen-bond donors (Lipinski definition) is 2. The highest BCUT2D eigenvalue weighted by Gasteiger charge is 2.26. The molecule has 0 aliphatic rings. The summed E-state index contributed by atoms with van der Waals surface area (Å²) in [7, 11) is -3.97. The number of ether oxygens (including phenoxy) is 1. The Balaban J connectivity index is 3.02. The van der Waals surface area contributed by atoms with Crippen molar-refractivity contribution in [3.63, 3.8) is 0 Å². The predicted octanol–water partition coefficient (Wildman–Crippen LogP) is 2.70. The lowest BCUT2D eigenvalue weighted by Crippen LogP contribution is -2.41. The molecule has 140 valence electrons. The van der Waals surface area contributed by atoms with Gasteiger partial charge in [-0.15, -0.1) is 0 Å². The average Bonchev–Trinajstić information content (AvgIpc) is 2.53. The average molecular weight is 391 g/mol. The van der Waals surface area contributed by atoms with Crippen LogP contribution in [-0.4, -0.2) is 32.9 Å². The van der Waals surface area contributed by atoms with Gasteiger partial charge in [0.05, 0.1) is 22.2 Å². The summed E-state index contributed by atoms with van der Waals surface area (Å²) in [6.07, 6.45) is 1.83. The van der Waals surface area contributed by atoms with Crippen LogP contribution in [0.25, 0.3) is 0 Å². The number of carbonyl (C=O) groups is 2. The molecular weight excluding hydrogens is 368 g/mol. The third-order valence-corrected chi connectivity index (χ3v) is 5.06. The SMILES string of the molecule is CCCCC(NS(=O)(=O)c1ccc(NC(C)=O)c(Cl)c1)C(=O)OCC. The van der Waals surface area contributed by atoms with E-state index >= 15 is 0 Å². The highest BCUT2D eigenvalue weighted by molar-refractivity contribution is 7.89. The Kier molecular flexibility index (Phi) is 8.34. The van der Waals surface area contributed by atoms with Gasteiger partial charge in [0.1, 0.15) is 6.04 Å². The first kappa shape index (κ1) is 21.4. The second-order valence-electron chi connectivity index (χ2n) is 5.39. The largest absolute Gasteiger partial charge is 0.465 e. The van der Waals surface area contributed by atoms with E-state index in [1.807, 2.05) is 6.92 Å². The Morgan fingerprint density at radius 1 is 1.28 bits per heavy atom. The number of anilines is 1. The number of esters is 1. The van der Waals surface area contributed by atoms with Crippen molar-refractivity contribution in [3.05, 3.63) is 23.2 Å². The molecule has 1 rings (SSSR count). The van der Waals surface area contributed by atoms with Gasteiger partial charge < -0.3 is 10.1 Å². The zero-order valence-corrected chi connectivity index (χ0v) is 16.0. The molecule has 0 aliphatic heterocycles. The molecule has 1 atom stereocenters. The standard InChI is InChI=1S/C16H23ClN2O5S/c1-4-6-7-15(16(21)24-5-2)19-25(22,23)12-8-9-14(13(17)10-12)18-11(3)20/h8-10,15,19H,4-7H2,1-3H3,(H,18,20). The first-order chi connectivity index (χ1) is 11.7. The van der Waals surface area contributed by atoms with Crippen LogP contribution in [0.5, 0.6) is 0 Å². The van der Waals surface area contributed by atoms with Gasteiger partial charge in [0.25, 0.3) is 0 Å². The molecule has 0 spiro atoms. The number of rotatable bonds is 9. The highest BCUT2D eigenvalue weighted by Crippen LogP contribution is 2.25. The maximum atomic E-state index is 12.5. The number of benzene rings is 1. The summed E-state index contributed by atoms with van der Waals surface area (Å²) in [5.41, 5.74) is 0.307. The van der Waals surface area contributed by atoms with Crippen LogP contribution in [0.1, 0.15) is 40.0 Å². The lowest BCUT2D eigenvalue weighted by molar-refractivity contribution is -0.145. The quantitative estimate of drug-likeness (QED) is 0.631. The van der Waals surface area contributed by atoms with E-state index in [0.29, 0.717) is 18.5 Å². The van der Waals surface area contributed by atoms with Gasteiger partial charge in [-0.25, -0.2) is 8.42 Å². The number of nitrogens with one attached hydrogen (secondary N) is 2. The van der Waals surface area contributed by atoms with E-state index in [4.69, 9.17) is 16.3 Å². The summed E-state index contributed by atoms with van der Waals surface area (Å²) < 4.78 is 32.4. The molecule has 1 amide bonds. The molecule has 0 aromatic heterocycles. The lowest BCUT2D eigenvalue weighted by Gasteiger charge is -2.17. The summed E-state index contributed by atoms with van der Waals surface area (Å²) in [5.74, 6) is -0.932. The molecule has 25 heavy (non-hydrogen) atoms. The third kappa shape index (κ3) is 6.64. The molecule has 0 saturated carbocycles. The first-order valence-electron chi connectivity index (χ1n) is 7.97. The molecule has 1 aromatic carbocycles. The van der Waals surface area contributed by atoms with Crippen LogP contribution in [0.4, 0.5) is 5.69 Å².